The SMILES string of the molecule is C=CCN([C]=O)CC. The van der Waals surface area contributed by atoms with Gasteiger partial charge in [0, 0.05) is 13.1 Å². The Morgan fingerprint density at radius 3 is 2.62 bits per heavy atom. The molecule has 0 atom stereocenters. The molecule has 0 aromatic rings. The van der Waals surface area contributed by atoms with Crippen molar-refractivity contribution in [3.63, 3.8) is 0 Å². The molecular formula is C6H10NO. The molecule has 0 heterocycles. The summed E-state index contributed by atoms with van der Waals surface area (Å²) in [6, 6.07) is 0. The van der Waals surface area contributed by atoms with Gasteiger partial charge < -0.3 is 4.90 Å². The van der Waals surface area contributed by atoms with Crippen LogP contribution >= 0.6 is 0 Å². The van der Waals surface area contributed by atoms with Crippen LogP contribution in [-0.4, -0.2) is 24.4 Å². The zero-order valence-corrected chi connectivity index (χ0v) is 5.05. The number of hydrogen-bond acceptors (Lipinski definition) is 1. The molecule has 1 amide bonds. The molecule has 0 aromatic heterocycles. The van der Waals surface area contributed by atoms with Crippen molar-refractivity contribution in [3.8, 4) is 0 Å². The van der Waals surface area contributed by atoms with Gasteiger partial charge >= 0.3 is 6.41 Å². The first-order chi connectivity index (χ1) is 3.85. The third-order valence-corrected chi connectivity index (χ3v) is 0.860. The second-order valence-corrected chi connectivity index (χ2v) is 1.42. The van der Waals surface area contributed by atoms with Crippen molar-refractivity contribution >= 4 is 6.41 Å². The summed E-state index contributed by atoms with van der Waals surface area (Å²) in [5.74, 6) is 0. The summed E-state index contributed by atoms with van der Waals surface area (Å²) < 4.78 is 0. The molecule has 0 saturated carbocycles. The summed E-state index contributed by atoms with van der Waals surface area (Å²) >= 11 is 0. The van der Waals surface area contributed by atoms with Gasteiger partial charge in [0.25, 0.3) is 0 Å². The van der Waals surface area contributed by atoms with Crippen LogP contribution in [0.15, 0.2) is 12.7 Å². The second kappa shape index (κ2) is 4.37. The highest BCUT2D eigenvalue weighted by atomic mass is 16.1. The van der Waals surface area contributed by atoms with Crippen LogP contribution in [0, 0.1) is 0 Å². The summed E-state index contributed by atoms with van der Waals surface area (Å²) in [5, 5.41) is 0. The predicted octanol–water partition coefficient (Wildman–Crippen LogP) is 0.561. The molecule has 2 heteroatoms. The van der Waals surface area contributed by atoms with E-state index in [1.165, 1.54) is 4.90 Å². The monoisotopic (exact) mass is 112 g/mol. The van der Waals surface area contributed by atoms with Gasteiger partial charge in [0.1, 0.15) is 0 Å². The quantitative estimate of drug-likeness (QED) is 0.384. The van der Waals surface area contributed by atoms with Crippen LogP contribution in [0.5, 0.6) is 0 Å². The van der Waals surface area contributed by atoms with E-state index in [1.807, 2.05) is 6.92 Å². The van der Waals surface area contributed by atoms with Gasteiger partial charge in [-0.05, 0) is 6.92 Å². The highest BCUT2D eigenvalue weighted by Gasteiger charge is 1.91. The van der Waals surface area contributed by atoms with Gasteiger partial charge in [-0.1, -0.05) is 6.08 Å². The lowest BCUT2D eigenvalue weighted by atomic mass is 10.5. The summed E-state index contributed by atoms with van der Waals surface area (Å²) in [7, 11) is 0. The molecule has 0 aliphatic rings. The zero-order chi connectivity index (χ0) is 6.41. The average Bonchev–Trinajstić information content (AvgIpc) is 1.83. The molecule has 0 N–H and O–H groups in total. The molecule has 45 valence electrons. The second-order valence-electron chi connectivity index (χ2n) is 1.42. The van der Waals surface area contributed by atoms with Gasteiger partial charge in [-0.2, -0.15) is 0 Å². The Bertz CT molecular complexity index is 80.6. The Morgan fingerprint density at radius 2 is 2.50 bits per heavy atom. The minimum Gasteiger partial charge on any atom is -0.331 e. The number of likely N-dealkylation sites (N-methyl/N-ethyl adjacent to an activating group) is 1. The molecule has 1 radical (unpaired) electrons. The van der Waals surface area contributed by atoms with Crippen LogP contribution < -0.4 is 0 Å². The number of carbonyl (C=O) groups excluding carboxylic acids is 1. The minimum atomic E-state index is 0.597. The third kappa shape index (κ3) is 2.39. The van der Waals surface area contributed by atoms with Crippen LogP contribution in [0.25, 0.3) is 0 Å². The Morgan fingerprint density at radius 1 is 1.88 bits per heavy atom. The first-order valence-electron chi connectivity index (χ1n) is 2.58. The first kappa shape index (κ1) is 7.21. The summed E-state index contributed by atoms with van der Waals surface area (Å²) in [5.41, 5.74) is 0. The fourth-order valence-corrected chi connectivity index (χ4v) is 0.387. The summed E-state index contributed by atoms with van der Waals surface area (Å²) in [4.78, 5) is 11.4. The number of amides is 1. The van der Waals surface area contributed by atoms with Gasteiger partial charge in [0.15, 0.2) is 0 Å². The van der Waals surface area contributed by atoms with Gasteiger partial charge in [-0.15, -0.1) is 6.58 Å². The maximum absolute atomic E-state index is 9.88. The molecule has 0 bridgehead atoms. The molecule has 0 aliphatic heterocycles. The largest absolute Gasteiger partial charge is 0.331 e. The van der Waals surface area contributed by atoms with Crippen molar-refractivity contribution in [1.82, 2.24) is 4.90 Å². The molecule has 0 aliphatic carbocycles. The Hall–Kier alpha value is -0.790. The molecule has 0 saturated heterocycles. The van der Waals surface area contributed by atoms with Gasteiger partial charge in [0.2, 0.25) is 0 Å². The fraction of sp³-hybridized carbons (Fsp3) is 0.500. The van der Waals surface area contributed by atoms with Crippen molar-refractivity contribution < 1.29 is 4.79 Å². The molecule has 0 aromatic carbocycles. The van der Waals surface area contributed by atoms with Crippen LogP contribution in [0.2, 0.25) is 0 Å². The van der Waals surface area contributed by atoms with E-state index in [-0.39, 0.29) is 0 Å². The molecular weight excluding hydrogens is 102 g/mol. The van der Waals surface area contributed by atoms with Crippen molar-refractivity contribution in [2.45, 2.75) is 6.92 Å². The van der Waals surface area contributed by atoms with Gasteiger partial charge in [0.05, 0.1) is 0 Å². The van der Waals surface area contributed by atoms with E-state index in [9.17, 15) is 4.79 Å². The Balaban J connectivity index is 3.35. The zero-order valence-electron chi connectivity index (χ0n) is 5.05. The smallest absolute Gasteiger partial charge is 0.312 e. The topological polar surface area (TPSA) is 20.3 Å². The highest BCUT2D eigenvalue weighted by Crippen LogP contribution is 1.78. The third-order valence-electron chi connectivity index (χ3n) is 0.860. The molecule has 8 heavy (non-hydrogen) atoms. The predicted molar refractivity (Wildman–Crippen MR) is 33.1 cm³/mol. The maximum Gasteiger partial charge on any atom is 0.312 e. The van der Waals surface area contributed by atoms with E-state index in [4.69, 9.17) is 0 Å². The lowest BCUT2D eigenvalue weighted by molar-refractivity contribution is 0.424. The van der Waals surface area contributed by atoms with Crippen molar-refractivity contribution in [3.05, 3.63) is 12.7 Å². The number of nitrogens with zero attached hydrogens (tertiary/aromatic N) is 1. The van der Waals surface area contributed by atoms with Gasteiger partial charge in [-0.3, -0.25) is 4.79 Å². The van der Waals surface area contributed by atoms with Crippen LogP contribution in [0.1, 0.15) is 6.92 Å². The van der Waals surface area contributed by atoms with Crippen LogP contribution in [0.4, 0.5) is 0 Å². The van der Waals surface area contributed by atoms with E-state index in [0.29, 0.717) is 13.1 Å². The van der Waals surface area contributed by atoms with Crippen molar-refractivity contribution in [2.75, 3.05) is 13.1 Å². The Kier molecular flexibility index (Phi) is 3.94. The lowest BCUT2D eigenvalue weighted by Gasteiger charge is -2.08. The standard InChI is InChI=1S/C6H10NO/c1-3-5-7(4-2)6-8/h3H,1,4-5H2,2H3. The van der Waals surface area contributed by atoms with E-state index < -0.39 is 0 Å². The summed E-state index contributed by atoms with van der Waals surface area (Å²) in [6.07, 6.45) is 3.44. The fourth-order valence-electron chi connectivity index (χ4n) is 0.387. The molecule has 0 unspecified atom stereocenters. The van der Waals surface area contributed by atoms with E-state index >= 15 is 0 Å². The lowest BCUT2D eigenvalue weighted by Crippen LogP contribution is -2.20. The number of rotatable bonds is 4. The Labute approximate surface area is 49.8 Å². The highest BCUT2D eigenvalue weighted by molar-refractivity contribution is 5.48. The van der Waals surface area contributed by atoms with Crippen molar-refractivity contribution in [1.29, 1.82) is 0 Å². The van der Waals surface area contributed by atoms with Crippen LogP contribution in [0.3, 0.4) is 0 Å². The maximum atomic E-state index is 9.88. The van der Waals surface area contributed by atoms with E-state index in [0.717, 1.165) is 0 Å². The number of hydrogen-bond donors (Lipinski definition) is 0. The van der Waals surface area contributed by atoms with E-state index in [1.54, 1.807) is 12.5 Å². The average molecular weight is 112 g/mol. The van der Waals surface area contributed by atoms with Crippen LogP contribution in [-0.2, 0) is 4.79 Å². The minimum absolute atomic E-state index is 0.597. The molecule has 0 fully saturated rings. The van der Waals surface area contributed by atoms with E-state index in [2.05, 4.69) is 6.58 Å². The summed E-state index contributed by atoms with van der Waals surface area (Å²) in [6.45, 7) is 6.67. The van der Waals surface area contributed by atoms with Gasteiger partial charge in [-0.25, -0.2) is 0 Å². The normalized spacial score (nSPS) is 8.12. The van der Waals surface area contributed by atoms with Crippen molar-refractivity contribution in [2.24, 2.45) is 0 Å². The molecule has 0 rings (SSSR count). The molecule has 0 spiro atoms. The first-order valence-corrected chi connectivity index (χ1v) is 2.58. The molecule has 2 nitrogen and oxygen atoms in total.